The van der Waals surface area contributed by atoms with Gasteiger partial charge in [-0.05, 0) is 43.9 Å². The zero-order chi connectivity index (χ0) is 16.1. The highest BCUT2D eigenvalue weighted by Gasteiger charge is 2.36. The molecule has 0 spiro atoms. The number of hydrogen-bond donors (Lipinski definition) is 2. The first-order valence-electron chi connectivity index (χ1n) is 7.05. The van der Waals surface area contributed by atoms with Gasteiger partial charge in [0.25, 0.3) is 0 Å². The number of rotatable bonds is 4. The molecule has 1 saturated carbocycles. The topological polar surface area (TPSA) is 103 Å². The third kappa shape index (κ3) is 2.48. The first kappa shape index (κ1) is 15.0. The van der Waals surface area contributed by atoms with Crippen LogP contribution in [-0.2, 0) is 10.0 Å². The van der Waals surface area contributed by atoms with Gasteiger partial charge in [0.15, 0.2) is 0 Å². The van der Waals surface area contributed by atoms with Crippen LogP contribution in [0.15, 0.2) is 32.7 Å². The molecule has 0 radical (unpaired) electrons. The Balaban J connectivity index is 2.06. The second kappa shape index (κ2) is 5.06. The Morgan fingerprint density at radius 1 is 1.14 bits per heavy atom. The molecular weight excluding hydrogens is 306 g/mol. The second-order valence-corrected chi connectivity index (χ2v) is 7.71. The van der Waals surface area contributed by atoms with Crippen molar-refractivity contribution in [2.45, 2.75) is 30.7 Å². The van der Waals surface area contributed by atoms with Gasteiger partial charge in [0.1, 0.15) is 0 Å². The smallest absolute Gasteiger partial charge is 0.314 e. The van der Waals surface area contributed by atoms with E-state index in [4.69, 9.17) is 0 Å². The van der Waals surface area contributed by atoms with Crippen LogP contribution in [0, 0.1) is 5.92 Å². The summed E-state index contributed by atoms with van der Waals surface area (Å²) in [5.41, 5.74) is -0.885. The molecule has 1 aromatic carbocycles. The number of benzene rings is 1. The van der Waals surface area contributed by atoms with Crippen molar-refractivity contribution in [1.82, 2.24) is 14.3 Å². The predicted octanol–water partition coefficient (Wildman–Crippen LogP) is 0.635. The predicted molar refractivity (Wildman–Crippen MR) is 82.3 cm³/mol. The Labute approximate surface area is 127 Å². The van der Waals surface area contributed by atoms with Gasteiger partial charge < -0.3 is 9.97 Å². The van der Waals surface area contributed by atoms with Gasteiger partial charge in [0, 0.05) is 13.1 Å². The molecule has 2 aromatic rings. The molecule has 1 aliphatic rings. The SMILES string of the molecule is C[C@@H](C1CC1)N(C)S(=O)(=O)c1ccc2[nH]c(=O)c(=O)[nH]c2c1. The number of nitrogens with one attached hydrogen (secondary N) is 2. The fraction of sp³-hybridized carbons (Fsp3) is 0.429. The molecule has 7 nitrogen and oxygen atoms in total. The molecule has 1 atom stereocenters. The molecular formula is C14H17N3O4S. The number of H-pyrrole nitrogens is 2. The normalized spacial score (nSPS) is 17.0. The third-order valence-corrected chi connectivity index (χ3v) is 6.19. The van der Waals surface area contributed by atoms with Gasteiger partial charge in [-0.2, -0.15) is 4.31 Å². The van der Waals surface area contributed by atoms with E-state index in [0.717, 1.165) is 12.8 Å². The molecule has 1 aromatic heterocycles. The number of aromatic nitrogens is 2. The molecule has 22 heavy (non-hydrogen) atoms. The van der Waals surface area contributed by atoms with Crippen LogP contribution >= 0.6 is 0 Å². The van der Waals surface area contributed by atoms with Crippen LogP contribution in [0.5, 0.6) is 0 Å². The van der Waals surface area contributed by atoms with Crippen molar-refractivity contribution < 1.29 is 8.42 Å². The minimum Gasteiger partial charge on any atom is -0.316 e. The minimum absolute atomic E-state index is 0.0599. The van der Waals surface area contributed by atoms with Crippen LogP contribution in [0.25, 0.3) is 11.0 Å². The number of fused-ring (bicyclic) bond motifs is 1. The van der Waals surface area contributed by atoms with Gasteiger partial charge in [-0.3, -0.25) is 9.59 Å². The van der Waals surface area contributed by atoms with Crippen LogP contribution in [0.1, 0.15) is 19.8 Å². The van der Waals surface area contributed by atoms with E-state index in [0.29, 0.717) is 11.4 Å². The molecule has 0 amide bonds. The number of aromatic amines is 2. The largest absolute Gasteiger partial charge is 0.316 e. The van der Waals surface area contributed by atoms with E-state index in [1.165, 1.54) is 22.5 Å². The van der Waals surface area contributed by atoms with E-state index in [-0.39, 0.29) is 16.5 Å². The van der Waals surface area contributed by atoms with Gasteiger partial charge in [0.05, 0.1) is 15.9 Å². The molecule has 118 valence electrons. The average Bonchev–Trinajstić information content (AvgIpc) is 3.31. The van der Waals surface area contributed by atoms with Crippen molar-refractivity contribution in [2.75, 3.05) is 7.05 Å². The van der Waals surface area contributed by atoms with E-state index in [2.05, 4.69) is 9.97 Å². The summed E-state index contributed by atoms with van der Waals surface area (Å²) in [4.78, 5) is 27.5. The van der Waals surface area contributed by atoms with Gasteiger partial charge in [-0.1, -0.05) is 0 Å². The summed E-state index contributed by atoms with van der Waals surface area (Å²) in [5, 5.41) is 0. The van der Waals surface area contributed by atoms with Gasteiger partial charge in [-0.25, -0.2) is 8.42 Å². The Kier molecular flexibility index (Phi) is 3.45. The Hall–Kier alpha value is -1.93. The second-order valence-electron chi connectivity index (χ2n) is 5.71. The lowest BCUT2D eigenvalue weighted by molar-refractivity contribution is 0.357. The quantitative estimate of drug-likeness (QED) is 0.806. The number of sulfonamides is 1. The van der Waals surface area contributed by atoms with Gasteiger partial charge >= 0.3 is 11.1 Å². The number of nitrogens with zero attached hydrogens (tertiary/aromatic N) is 1. The molecule has 0 aliphatic heterocycles. The fourth-order valence-electron chi connectivity index (χ4n) is 2.52. The molecule has 0 bridgehead atoms. The van der Waals surface area contributed by atoms with Crippen LogP contribution in [-0.4, -0.2) is 35.8 Å². The Morgan fingerprint density at radius 2 is 1.73 bits per heavy atom. The fourth-order valence-corrected chi connectivity index (χ4v) is 3.96. The highest BCUT2D eigenvalue weighted by molar-refractivity contribution is 7.89. The summed E-state index contributed by atoms with van der Waals surface area (Å²) in [7, 11) is -2.07. The van der Waals surface area contributed by atoms with E-state index in [9.17, 15) is 18.0 Å². The van der Waals surface area contributed by atoms with Crippen LogP contribution in [0.2, 0.25) is 0 Å². The molecule has 0 saturated heterocycles. The first-order chi connectivity index (χ1) is 10.3. The summed E-state index contributed by atoms with van der Waals surface area (Å²) in [6.07, 6.45) is 2.10. The minimum atomic E-state index is -3.64. The van der Waals surface area contributed by atoms with Crippen molar-refractivity contribution in [3.05, 3.63) is 38.9 Å². The molecule has 1 aliphatic carbocycles. The molecule has 1 heterocycles. The maximum atomic E-state index is 12.7. The Bertz CT molecular complexity index is 940. The monoisotopic (exact) mass is 323 g/mol. The molecule has 0 unspecified atom stereocenters. The summed E-state index contributed by atoms with van der Waals surface area (Å²) < 4.78 is 26.7. The van der Waals surface area contributed by atoms with Crippen molar-refractivity contribution in [3.8, 4) is 0 Å². The Morgan fingerprint density at radius 3 is 2.32 bits per heavy atom. The maximum Gasteiger partial charge on any atom is 0.314 e. The third-order valence-electron chi connectivity index (χ3n) is 4.25. The van der Waals surface area contributed by atoms with Gasteiger partial charge in [0.2, 0.25) is 10.0 Å². The molecule has 8 heteroatoms. The summed E-state index contributed by atoms with van der Waals surface area (Å²) in [6.45, 7) is 1.90. The van der Waals surface area contributed by atoms with Crippen molar-refractivity contribution in [1.29, 1.82) is 0 Å². The van der Waals surface area contributed by atoms with E-state index < -0.39 is 21.1 Å². The zero-order valence-corrected chi connectivity index (χ0v) is 13.1. The summed E-state index contributed by atoms with van der Waals surface area (Å²) in [6, 6.07) is 4.23. The first-order valence-corrected chi connectivity index (χ1v) is 8.49. The van der Waals surface area contributed by atoms with E-state index in [1.807, 2.05) is 6.92 Å². The maximum absolute atomic E-state index is 12.7. The molecule has 1 fully saturated rings. The average molecular weight is 323 g/mol. The lowest BCUT2D eigenvalue weighted by Gasteiger charge is -2.24. The number of hydrogen-bond acceptors (Lipinski definition) is 4. The lowest BCUT2D eigenvalue weighted by Crippen LogP contribution is -2.36. The molecule has 2 N–H and O–H groups in total. The van der Waals surface area contributed by atoms with E-state index >= 15 is 0 Å². The van der Waals surface area contributed by atoms with Gasteiger partial charge in [-0.15, -0.1) is 0 Å². The van der Waals surface area contributed by atoms with Crippen molar-refractivity contribution in [3.63, 3.8) is 0 Å². The van der Waals surface area contributed by atoms with Crippen molar-refractivity contribution >= 4 is 21.1 Å². The lowest BCUT2D eigenvalue weighted by atomic mass is 10.2. The van der Waals surface area contributed by atoms with E-state index in [1.54, 1.807) is 7.05 Å². The van der Waals surface area contributed by atoms with Crippen LogP contribution in [0.4, 0.5) is 0 Å². The summed E-state index contributed by atoms with van der Waals surface area (Å²) >= 11 is 0. The zero-order valence-electron chi connectivity index (χ0n) is 12.3. The highest BCUT2D eigenvalue weighted by atomic mass is 32.2. The van der Waals surface area contributed by atoms with Crippen LogP contribution < -0.4 is 11.1 Å². The highest BCUT2D eigenvalue weighted by Crippen LogP contribution is 2.36. The van der Waals surface area contributed by atoms with Crippen LogP contribution in [0.3, 0.4) is 0 Å². The standard InChI is InChI=1S/C14H17N3O4S/c1-8(9-3-4-9)17(2)22(20,21)10-5-6-11-12(7-10)16-14(19)13(18)15-11/h5-9H,3-4H2,1-2H3,(H,15,18)(H,16,19)/t8-/m0/s1. The van der Waals surface area contributed by atoms with Crippen molar-refractivity contribution in [2.24, 2.45) is 5.92 Å². The molecule has 3 rings (SSSR count). The summed E-state index contributed by atoms with van der Waals surface area (Å²) in [5.74, 6) is 0.413.